The summed E-state index contributed by atoms with van der Waals surface area (Å²) in [4.78, 5) is 15.0. The summed E-state index contributed by atoms with van der Waals surface area (Å²) >= 11 is 11.7. The van der Waals surface area contributed by atoms with Gasteiger partial charge in [0.2, 0.25) is 5.28 Å². The van der Waals surface area contributed by atoms with Crippen molar-refractivity contribution in [2.75, 3.05) is 0 Å². The predicted molar refractivity (Wildman–Crippen MR) is 69.5 cm³/mol. The van der Waals surface area contributed by atoms with Crippen LogP contribution in [0.1, 0.15) is 29.0 Å². The molecule has 18 heavy (non-hydrogen) atoms. The van der Waals surface area contributed by atoms with Crippen LogP contribution in [0.25, 0.3) is 0 Å². The first-order chi connectivity index (χ1) is 8.52. The lowest BCUT2D eigenvalue weighted by molar-refractivity contribution is 0.0684. The number of hydrogen-bond acceptors (Lipinski definition) is 2. The zero-order chi connectivity index (χ0) is 13.3. The van der Waals surface area contributed by atoms with E-state index in [1.807, 2.05) is 37.3 Å². The first kappa shape index (κ1) is 12.9. The smallest absolute Gasteiger partial charge is 0.355 e. The number of hydrogen-bond donors (Lipinski definition) is 1. The van der Waals surface area contributed by atoms with Crippen molar-refractivity contribution in [1.82, 2.24) is 9.55 Å². The van der Waals surface area contributed by atoms with Gasteiger partial charge in [0.1, 0.15) is 0 Å². The van der Waals surface area contributed by atoms with Gasteiger partial charge in [0, 0.05) is 0 Å². The number of carbonyl (C=O) groups is 1. The molecule has 1 aromatic heterocycles. The van der Waals surface area contributed by atoms with Crippen LogP contribution in [0.4, 0.5) is 0 Å². The van der Waals surface area contributed by atoms with E-state index in [1.54, 1.807) is 0 Å². The van der Waals surface area contributed by atoms with E-state index < -0.39 is 5.97 Å². The second-order valence-corrected chi connectivity index (χ2v) is 4.48. The summed E-state index contributed by atoms with van der Waals surface area (Å²) in [6, 6.07) is 9.15. The minimum Gasteiger partial charge on any atom is -0.476 e. The molecule has 0 bridgehead atoms. The Hall–Kier alpha value is -1.52. The summed E-state index contributed by atoms with van der Waals surface area (Å²) < 4.78 is 1.40. The third-order valence-electron chi connectivity index (χ3n) is 2.70. The van der Waals surface area contributed by atoms with E-state index in [-0.39, 0.29) is 22.2 Å². The van der Waals surface area contributed by atoms with Gasteiger partial charge in [-0.3, -0.25) is 0 Å². The Morgan fingerprint density at radius 3 is 2.50 bits per heavy atom. The van der Waals surface area contributed by atoms with Crippen LogP contribution in [0.5, 0.6) is 0 Å². The fourth-order valence-electron chi connectivity index (χ4n) is 1.80. The number of aromatic nitrogens is 2. The number of imidazole rings is 1. The fraction of sp³-hybridized carbons (Fsp3) is 0.167. The average Bonchev–Trinajstić information content (AvgIpc) is 2.64. The maximum Gasteiger partial charge on any atom is 0.355 e. The molecule has 94 valence electrons. The molecule has 0 spiro atoms. The number of halogens is 2. The molecule has 0 radical (unpaired) electrons. The molecule has 4 nitrogen and oxygen atoms in total. The molecule has 0 amide bonds. The molecule has 0 aliphatic carbocycles. The monoisotopic (exact) mass is 284 g/mol. The third-order valence-corrected chi connectivity index (χ3v) is 3.23. The van der Waals surface area contributed by atoms with Crippen LogP contribution in [0.3, 0.4) is 0 Å². The number of rotatable bonds is 3. The van der Waals surface area contributed by atoms with Gasteiger partial charge in [0.15, 0.2) is 10.8 Å². The van der Waals surface area contributed by atoms with Gasteiger partial charge in [-0.05, 0) is 24.1 Å². The molecule has 2 rings (SSSR count). The van der Waals surface area contributed by atoms with E-state index in [4.69, 9.17) is 28.3 Å². The van der Waals surface area contributed by atoms with Crippen molar-refractivity contribution < 1.29 is 9.90 Å². The highest BCUT2D eigenvalue weighted by atomic mass is 35.5. The molecule has 0 unspecified atom stereocenters. The molecule has 1 N–H and O–H groups in total. The van der Waals surface area contributed by atoms with Gasteiger partial charge in [0.05, 0.1) is 6.04 Å². The first-order valence-corrected chi connectivity index (χ1v) is 5.99. The van der Waals surface area contributed by atoms with E-state index in [2.05, 4.69) is 4.98 Å². The van der Waals surface area contributed by atoms with Gasteiger partial charge in [-0.1, -0.05) is 41.9 Å². The van der Waals surface area contributed by atoms with Gasteiger partial charge in [-0.25, -0.2) is 9.78 Å². The highest BCUT2D eigenvalue weighted by Crippen LogP contribution is 2.28. The lowest BCUT2D eigenvalue weighted by atomic mass is 10.1. The van der Waals surface area contributed by atoms with E-state index in [0.717, 1.165) is 5.56 Å². The summed E-state index contributed by atoms with van der Waals surface area (Å²) in [5.41, 5.74) is 0.828. The fourth-order valence-corrected chi connectivity index (χ4v) is 2.42. The Morgan fingerprint density at radius 2 is 1.94 bits per heavy atom. The Kier molecular flexibility index (Phi) is 3.59. The van der Waals surface area contributed by atoms with Crippen LogP contribution >= 0.6 is 23.2 Å². The van der Waals surface area contributed by atoms with Gasteiger partial charge in [-0.2, -0.15) is 0 Å². The summed E-state index contributed by atoms with van der Waals surface area (Å²) in [6.45, 7) is 1.84. The van der Waals surface area contributed by atoms with Crippen LogP contribution in [0.2, 0.25) is 10.4 Å². The Labute approximate surface area is 114 Å². The zero-order valence-corrected chi connectivity index (χ0v) is 11.0. The molecule has 2 aromatic rings. The molecule has 6 heteroatoms. The van der Waals surface area contributed by atoms with Crippen molar-refractivity contribution in [2.45, 2.75) is 13.0 Å². The maximum atomic E-state index is 11.2. The summed E-state index contributed by atoms with van der Waals surface area (Å²) in [6.07, 6.45) is 0. The topological polar surface area (TPSA) is 55.1 Å². The van der Waals surface area contributed by atoms with Crippen molar-refractivity contribution in [3.63, 3.8) is 0 Å². The van der Waals surface area contributed by atoms with Crippen LogP contribution in [0.15, 0.2) is 30.3 Å². The number of benzene rings is 1. The molecule has 1 atom stereocenters. The Bertz CT molecular complexity index is 581. The first-order valence-electron chi connectivity index (χ1n) is 5.24. The predicted octanol–water partition coefficient (Wildman–Crippen LogP) is 3.50. The van der Waals surface area contributed by atoms with Crippen molar-refractivity contribution >= 4 is 29.2 Å². The second kappa shape index (κ2) is 5.00. The highest BCUT2D eigenvalue weighted by Gasteiger charge is 2.24. The third kappa shape index (κ3) is 2.21. The van der Waals surface area contributed by atoms with E-state index in [0.29, 0.717) is 0 Å². The minimum absolute atomic E-state index is 0.0637. The number of carboxylic acid groups (broad SMARTS) is 1. The molecular weight excluding hydrogens is 275 g/mol. The standard InChI is InChI=1S/C12H10Cl2N2O2/c1-7(8-5-3-2-4-6-8)16-9(11(17)18)10(13)15-12(16)14/h2-7H,1H3,(H,17,18)/t7-/m1/s1. The molecule has 0 aliphatic heterocycles. The second-order valence-electron chi connectivity index (χ2n) is 3.78. The van der Waals surface area contributed by atoms with Crippen molar-refractivity contribution in [1.29, 1.82) is 0 Å². The van der Waals surface area contributed by atoms with E-state index in [9.17, 15) is 4.79 Å². The minimum atomic E-state index is -1.15. The number of nitrogens with zero attached hydrogens (tertiary/aromatic N) is 2. The normalized spacial score (nSPS) is 12.4. The lowest BCUT2D eigenvalue weighted by Gasteiger charge is -2.16. The number of carboxylic acids is 1. The van der Waals surface area contributed by atoms with Crippen LogP contribution in [-0.2, 0) is 0 Å². The molecule has 0 saturated heterocycles. The zero-order valence-electron chi connectivity index (χ0n) is 9.47. The molecular formula is C12H10Cl2N2O2. The lowest BCUT2D eigenvalue weighted by Crippen LogP contribution is -2.14. The van der Waals surface area contributed by atoms with Gasteiger partial charge >= 0.3 is 5.97 Å². The van der Waals surface area contributed by atoms with Crippen LogP contribution < -0.4 is 0 Å². The Morgan fingerprint density at radius 1 is 1.33 bits per heavy atom. The average molecular weight is 285 g/mol. The molecule has 0 aliphatic rings. The van der Waals surface area contributed by atoms with Gasteiger partial charge in [0.25, 0.3) is 0 Å². The molecule has 0 saturated carbocycles. The largest absolute Gasteiger partial charge is 0.476 e. The summed E-state index contributed by atoms with van der Waals surface area (Å²) in [5.74, 6) is -1.15. The van der Waals surface area contributed by atoms with Gasteiger partial charge < -0.3 is 9.67 Å². The van der Waals surface area contributed by atoms with Gasteiger partial charge in [-0.15, -0.1) is 0 Å². The highest BCUT2D eigenvalue weighted by molar-refractivity contribution is 6.34. The number of aromatic carboxylic acids is 1. The summed E-state index contributed by atoms with van der Waals surface area (Å²) in [7, 11) is 0. The van der Waals surface area contributed by atoms with E-state index >= 15 is 0 Å². The van der Waals surface area contributed by atoms with Crippen LogP contribution in [-0.4, -0.2) is 20.6 Å². The summed E-state index contributed by atoms with van der Waals surface area (Å²) in [5, 5.41) is 9.11. The maximum absolute atomic E-state index is 11.2. The van der Waals surface area contributed by atoms with Crippen LogP contribution in [0, 0.1) is 0 Å². The van der Waals surface area contributed by atoms with Crippen molar-refractivity contribution in [3.8, 4) is 0 Å². The quantitative estimate of drug-likeness (QED) is 0.939. The SMILES string of the molecule is C[C@H](c1ccccc1)n1c(Cl)nc(Cl)c1C(=O)O. The molecule has 1 heterocycles. The molecule has 0 fully saturated rings. The molecule has 1 aromatic carbocycles. The van der Waals surface area contributed by atoms with E-state index in [1.165, 1.54) is 4.57 Å². The Balaban J connectivity index is 2.55. The van der Waals surface area contributed by atoms with Crippen molar-refractivity contribution in [3.05, 3.63) is 52.0 Å². The van der Waals surface area contributed by atoms with Crippen molar-refractivity contribution in [2.24, 2.45) is 0 Å².